The van der Waals surface area contributed by atoms with E-state index >= 15 is 0 Å². The average molecular weight is 227 g/mol. The number of carbonyl (C=O) groups excluding carboxylic acids is 1. The third kappa shape index (κ3) is 2.54. The Bertz CT molecular complexity index is 288. The number of aliphatic carboxylic acids is 1. The third-order valence-electron chi connectivity index (χ3n) is 3.55. The first-order valence-corrected chi connectivity index (χ1v) is 5.84. The van der Waals surface area contributed by atoms with Crippen LogP contribution in [0.25, 0.3) is 0 Å². The zero-order valence-corrected chi connectivity index (χ0v) is 10.4. The molecule has 0 bridgehead atoms. The Balaban J connectivity index is 2.78. The molecule has 1 rings (SSSR count). The van der Waals surface area contributed by atoms with Gasteiger partial charge in [0, 0.05) is 13.1 Å². The summed E-state index contributed by atoms with van der Waals surface area (Å²) in [6.45, 7) is 5.89. The Hall–Kier alpha value is -1.06. The van der Waals surface area contributed by atoms with Gasteiger partial charge in [-0.05, 0) is 32.6 Å². The summed E-state index contributed by atoms with van der Waals surface area (Å²) in [5.74, 6) is -1.36. The first-order valence-electron chi connectivity index (χ1n) is 5.84. The Kier molecular flexibility index (Phi) is 3.94. The molecule has 1 aliphatic rings. The van der Waals surface area contributed by atoms with Crippen LogP contribution in [0.4, 0.5) is 0 Å². The number of hydrogen-bond donors (Lipinski definition) is 1. The van der Waals surface area contributed by atoms with Gasteiger partial charge in [0.15, 0.2) is 0 Å². The van der Waals surface area contributed by atoms with Gasteiger partial charge in [0.2, 0.25) is 5.91 Å². The smallest absolute Gasteiger partial charge is 0.307 e. The fourth-order valence-corrected chi connectivity index (χ4v) is 2.35. The van der Waals surface area contributed by atoms with Crippen LogP contribution in [0.3, 0.4) is 0 Å². The average Bonchev–Trinajstić information content (AvgIpc) is 2.58. The molecular weight excluding hydrogens is 206 g/mol. The highest BCUT2D eigenvalue weighted by molar-refractivity contribution is 5.85. The van der Waals surface area contributed by atoms with E-state index < -0.39 is 11.9 Å². The van der Waals surface area contributed by atoms with Crippen LogP contribution >= 0.6 is 0 Å². The van der Waals surface area contributed by atoms with E-state index in [1.807, 2.05) is 20.8 Å². The van der Waals surface area contributed by atoms with Crippen molar-refractivity contribution < 1.29 is 14.7 Å². The van der Waals surface area contributed by atoms with Gasteiger partial charge in [0.05, 0.1) is 11.8 Å². The maximum absolute atomic E-state index is 12.1. The monoisotopic (exact) mass is 227 g/mol. The van der Waals surface area contributed by atoms with E-state index in [4.69, 9.17) is 5.11 Å². The Morgan fingerprint density at radius 1 is 1.25 bits per heavy atom. The molecule has 3 atom stereocenters. The van der Waals surface area contributed by atoms with Gasteiger partial charge in [-0.1, -0.05) is 6.92 Å². The van der Waals surface area contributed by atoms with Crippen molar-refractivity contribution in [3.63, 3.8) is 0 Å². The van der Waals surface area contributed by atoms with Gasteiger partial charge in [0.25, 0.3) is 0 Å². The second-order valence-corrected chi connectivity index (χ2v) is 5.17. The van der Waals surface area contributed by atoms with Gasteiger partial charge in [-0.2, -0.15) is 0 Å². The normalized spacial score (nSPS) is 29.4. The molecule has 1 saturated carbocycles. The van der Waals surface area contributed by atoms with Crippen LogP contribution in [0.15, 0.2) is 0 Å². The van der Waals surface area contributed by atoms with E-state index in [1.165, 1.54) is 0 Å². The molecule has 1 aliphatic carbocycles. The highest BCUT2D eigenvalue weighted by Gasteiger charge is 2.42. The summed E-state index contributed by atoms with van der Waals surface area (Å²) in [4.78, 5) is 24.8. The lowest BCUT2D eigenvalue weighted by atomic mass is 9.94. The van der Waals surface area contributed by atoms with Crippen LogP contribution < -0.4 is 0 Å². The van der Waals surface area contributed by atoms with Crippen molar-refractivity contribution in [3.05, 3.63) is 0 Å². The minimum absolute atomic E-state index is 0.0215. The first-order chi connectivity index (χ1) is 7.34. The highest BCUT2D eigenvalue weighted by atomic mass is 16.4. The van der Waals surface area contributed by atoms with Crippen LogP contribution in [0, 0.1) is 17.8 Å². The Morgan fingerprint density at radius 2 is 1.75 bits per heavy atom. The molecule has 1 N–H and O–H groups in total. The summed E-state index contributed by atoms with van der Waals surface area (Å²) in [6.07, 6.45) is 1.32. The molecule has 16 heavy (non-hydrogen) atoms. The summed E-state index contributed by atoms with van der Waals surface area (Å²) in [5.41, 5.74) is 0. The Morgan fingerprint density at radius 3 is 2.19 bits per heavy atom. The standard InChI is InChI=1S/C12H21NO3/c1-7(2)13(4)11(14)9-5-8(3)6-10(9)12(15)16/h7-10H,5-6H2,1-4H3,(H,15,16)/t8?,9-,10+/m0/s1. The zero-order chi connectivity index (χ0) is 12.5. The summed E-state index contributed by atoms with van der Waals surface area (Å²) >= 11 is 0. The van der Waals surface area contributed by atoms with Crippen LogP contribution in [0.5, 0.6) is 0 Å². The number of carboxylic acid groups (broad SMARTS) is 1. The molecule has 0 saturated heterocycles. The highest BCUT2D eigenvalue weighted by Crippen LogP contribution is 2.37. The molecule has 0 aromatic carbocycles. The largest absolute Gasteiger partial charge is 0.481 e. The minimum atomic E-state index is -0.833. The summed E-state index contributed by atoms with van der Waals surface area (Å²) in [7, 11) is 1.74. The number of carbonyl (C=O) groups is 2. The van der Waals surface area contributed by atoms with Crippen molar-refractivity contribution in [1.82, 2.24) is 4.90 Å². The molecule has 0 aliphatic heterocycles. The molecule has 0 radical (unpaired) electrons. The summed E-state index contributed by atoms with van der Waals surface area (Å²) < 4.78 is 0. The second kappa shape index (κ2) is 4.85. The molecule has 1 fully saturated rings. The van der Waals surface area contributed by atoms with Gasteiger partial charge in [0.1, 0.15) is 0 Å². The number of nitrogens with zero attached hydrogens (tertiary/aromatic N) is 1. The fourth-order valence-electron chi connectivity index (χ4n) is 2.35. The zero-order valence-electron chi connectivity index (χ0n) is 10.4. The summed E-state index contributed by atoms with van der Waals surface area (Å²) in [5, 5.41) is 9.10. The van der Waals surface area contributed by atoms with Crippen molar-refractivity contribution in [2.45, 2.75) is 39.7 Å². The van der Waals surface area contributed by atoms with E-state index in [-0.39, 0.29) is 17.9 Å². The lowest BCUT2D eigenvalue weighted by molar-refractivity contribution is -0.149. The lowest BCUT2D eigenvalue weighted by Gasteiger charge is -2.26. The van der Waals surface area contributed by atoms with Crippen molar-refractivity contribution in [2.24, 2.45) is 17.8 Å². The van der Waals surface area contributed by atoms with Gasteiger partial charge < -0.3 is 10.0 Å². The maximum atomic E-state index is 12.1. The van der Waals surface area contributed by atoms with E-state index in [0.717, 1.165) is 0 Å². The molecular formula is C12H21NO3. The number of hydrogen-bond acceptors (Lipinski definition) is 2. The van der Waals surface area contributed by atoms with Gasteiger partial charge in [-0.25, -0.2) is 0 Å². The van der Waals surface area contributed by atoms with Crippen LogP contribution in [0.2, 0.25) is 0 Å². The molecule has 0 spiro atoms. The minimum Gasteiger partial charge on any atom is -0.481 e. The van der Waals surface area contributed by atoms with Crippen molar-refractivity contribution >= 4 is 11.9 Å². The second-order valence-electron chi connectivity index (χ2n) is 5.17. The van der Waals surface area contributed by atoms with Crippen molar-refractivity contribution in [3.8, 4) is 0 Å². The summed E-state index contributed by atoms with van der Waals surface area (Å²) in [6, 6.07) is 0.123. The quantitative estimate of drug-likeness (QED) is 0.796. The topological polar surface area (TPSA) is 57.6 Å². The lowest BCUT2D eigenvalue weighted by Crippen LogP contribution is -2.40. The first kappa shape index (κ1) is 13.0. The van der Waals surface area contributed by atoms with Crippen molar-refractivity contribution in [2.75, 3.05) is 7.05 Å². The number of rotatable bonds is 3. The maximum Gasteiger partial charge on any atom is 0.307 e. The van der Waals surface area contributed by atoms with Crippen LogP contribution in [-0.4, -0.2) is 35.0 Å². The van der Waals surface area contributed by atoms with E-state index in [2.05, 4.69) is 0 Å². The van der Waals surface area contributed by atoms with Crippen molar-refractivity contribution in [1.29, 1.82) is 0 Å². The molecule has 1 amide bonds. The molecule has 0 aromatic heterocycles. The number of amides is 1. The molecule has 92 valence electrons. The van der Waals surface area contributed by atoms with E-state index in [0.29, 0.717) is 18.8 Å². The van der Waals surface area contributed by atoms with E-state index in [1.54, 1.807) is 11.9 Å². The molecule has 4 heteroatoms. The van der Waals surface area contributed by atoms with E-state index in [9.17, 15) is 9.59 Å². The molecule has 4 nitrogen and oxygen atoms in total. The molecule has 0 aromatic rings. The molecule has 0 heterocycles. The van der Waals surface area contributed by atoms with Crippen LogP contribution in [-0.2, 0) is 9.59 Å². The van der Waals surface area contributed by atoms with Crippen LogP contribution in [0.1, 0.15) is 33.6 Å². The third-order valence-corrected chi connectivity index (χ3v) is 3.55. The number of carboxylic acids is 1. The van der Waals surface area contributed by atoms with Gasteiger partial charge in [-0.3, -0.25) is 9.59 Å². The van der Waals surface area contributed by atoms with Gasteiger partial charge in [-0.15, -0.1) is 0 Å². The predicted octanol–water partition coefficient (Wildman–Crippen LogP) is 1.60. The van der Waals surface area contributed by atoms with Gasteiger partial charge >= 0.3 is 5.97 Å². The molecule has 1 unspecified atom stereocenters. The predicted molar refractivity (Wildman–Crippen MR) is 60.9 cm³/mol. The SMILES string of the molecule is CC1C[C@H](C(=O)N(C)C(C)C)[C@H](C(=O)O)C1. The fraction of sp³-hybridized carbons (Fsp3) is 0.833. The Labute approximate surface area is 96.6 Å².